The maximum Gasteiger partial charge on any atom is 0.231 e. The minimum Gasteiger partial charge on any atom is -0.361 e. The Labute approximate surface area is 152 Å². The van der Waals surface area contributed by atoms with Gasteiger partial charge in [0.15, 0.2) is 0 Å². The highest BCUT2D eigenvalue weighted by Gasteiger charge is 2.40. The molecule has 1 aromatic carbocycles. The Hall–Kier alpha value is -2.69. The second-order valence-corrected chi connectivity index (χ2v) is 7.32. The fraction of sp³-hybridized carbons (Fsp3) is 0.381. The predicted molar refractivity (Wildman–Crippen MR) is 101 cm³/mol. The van der Waals surface area contributed by atoms with Gasteiger partial charge in [0.1, 0.15) is 5.76 Å². The van der Waals surface area contributed by atoms with Crippen molar-refractivity contribution < 1.29 is 9.32 Å². The first-order chi connectivity index (χ1) is 12.6. The topological polar surface area (TPSA) is 68.0 Å². The van der Waals surface area contributed by atoms with Crippen molar-refractivity contribution in [2.24, 2.45) is 5.41 Å². The van der Waals surface area contributed by atoms with Gasteiger partial charge in [-0.3, -0.25) is 9.78 Å². The molecule has 134 valence electrons. The van der Waals surface area contributed by atoms with Gasteiger partial charge in [-0.05, 0) is 31.9 Å². The Morgan fingerprint density at radius 2 is 2.00 bits per heavy atom. The Morgan fingerprint density at radius 1 is 1.19 bits per heavy atom. The van der Waals surface area contributed by atoms with Crippen LogP contribution in [0.4, 0.5) is 5.69 Å². The first kappa shape index (κ1) is 16.8. The molecule has 1 fully saturated rings. The quantitative estimate of drug-likeness (QED) is 0.743. The Bertz CT molecular complexity index is 926. The van der Waals surface area contributed by atoms with Gasteiger partial charge in [-0.1, -0.05) is 42.6 Å². The van der Waals surface area contributed by atoms with Crippen LogP contribution >= 0.6 is 0 Å². The molecule has 0 spiro atoms. The number of amides is 1. The highest BCUT2D eigenvalue weighted by Crippen LogP contribution is 2.40. The molecule has 2 aromatic heterocycles. The standard InChI is InChI=1S/C21H23N3O2/c1-15-11-18(26-24-15)13-21(9-5-2-6-10-21)20(25)23-17-12-16-7-3-4-8-19(16)22-14-17/h3-4,7-8,11-12,14H,2,5-6,9-10,13H2,1H3,(H,23,25). The summed E-state index contributed by atoms with van der Waals surface area (Å²) in [6.45, 7) is 1.90. The molecule has 3 aromatic rings. The number of carbonyl (C=O) groups excluding carboxylic acids is 1. The first-order valence-electron chi connectivity index (χ1n) is 9.23. The third-order valence-corrected chi connectivity index (χ3v) is 5.33. The van der Waals surface area contributed by atoms with Crippen LogP contribution < -0.4 is 5.32 Å². The summed E-state index contributed by atoms with van der Waals surface area (Å²) >= 11 is 0. The number of nitrogens with one attached hydrogen (secondary N) is 1. The maximum atomic E-state index is 13.2. The molecule has 0 radical (unpaired) electrons. The van der Waals surface area contributed by atoms with Crippen molar-refractivity contribution >= 4 is 22.5 Å². The molecule has 5 nitrogen and oxygen atoms in total. The number of aryl methyl sites for hydroxylation is 1. The molecule has 0 atom stereocenters. The van der Waals surface area contributed by atoms with E-state index < -0.39 is 5.41 Å². The van der Waals surface area contributed by atoms with Crippen molar-refractivity contribution in [3.63, 3.8) is 0 Å². The van der Waals surface area contributed by atoms with E-state index in [1.54, 1.807) is 6.20 Å². The average Bonchev–Trinajstić information content (AvgIpc) is 3.07. The van der Waals surface area contributed by atoms with Crippen LogP contribution in [0.15, 0.2) is 47.1 Å². The summed E-state index contributed by atoms with van der Waals surface area (Å²) in [6.07, 6.45) is 7.39. The van der Waals surface area contributed by atoms with Crippen molar-refractivity contribution in [3.8, 4) is 0 Å². The molecular formula is C21H23N3O2. The summed E-state index contributed by atoms with van der Waals surface area (Å²) in [7, 11) is 0. The Balaban J connectivity index is 1.59. The molecule has 4 rings (SSSR count). The molecule has 2 heterocycles. The molecule has 0 aliphatic heterocycles. The zero-order valence-electron chi connectivity index (χ0n) is 15.0. The first-order valence-corrected chi connectivity index (χ1v) is 9.23. The summed E-state index contributed by atoms with van der Waals surface area (Å²) in [6, 6.07) is 11.8. The molecule has 1 N–H and O–H groups in total. The Morgan fingerprint density at radius 3 is 2.77 bits per heavy atom. The molecule has 5 heteroatoms. The summed E-state index contributed by atoms with van der Waals surface area (Å²) in [4.78, 5) is 17.7. The zero-order chi connectivity index (χ0) is 18.0. The smallest absolute Gasteiger partial charge is 0.231 e. The van der Waals surface area contributed by atoms with Crippen molar-refractivity contribution in [3.05, 3.63) is 54.0 Å². The van der Waals surface area contributed by atoms with Crippen molar-refractivity contribution in [1.82, 2.24) is 10.1 Å². The summed E-state index contributed by atoms with van der Waals surface area (Å²) < 4.78 is 5.41. The number of rotatable bonds is 4. The van der Waals surface area contributed by atoms with Gasteiger partial charge in [0.25, 0.3) is 0 Å². The summed E-state index contributed by atoms with van der Waals surface area (Å²) in [5.41, 5.74) is 2.09. The van der Waals surface area contributed by atoms with Crippen LogP contribution in [-0.2, 0) is 11.2 Å². The zero-order valence-corrected chi connectivity index (χ0v) is 15.0. The number of aromatic nitrogens is 2. The van der Waals surface area contributed by atoms with E-state index in [0.717, 1.165) is 53.7 Å². The lowest BCUT2D eigenvalue weighted by molar-refractivity contribution is -0.127. The Kier molecular flexibility index (Phi) is 4.45. The van der Waals surface area contributed by atoms with E-state index in [-0.39, 0.29) is 5.91 Å². The molecule has 0 unspecified atom stereocenters. The second-order valence-electron chi connectivity index (χ2n) is 7.32. The fourth-order valence-electron chi connectivity index (χ4n) is 3.95. The van der Waals surface area contributed by atoms with Crippen LogP contribution in [0.1, 0.15) is 43.6 Å². The molecule has 1 aliphatic rings. The molecule has 1 saturated carbocycles. The van der Waals surface area contributed by atoms with Crippen LogP contribution in [0, 0.1) is 12.3 Å². The minimum atomic E-state index is -0.435. The van der Waals surface area contributed by atoms with Crippen LogP contribution in [0.5, 0.6) is 0 Å². The van der Waals surface area contributed by atoms with Crippen LogP contribution in [0.25, 0.3) is 10.9 Å². The van der Waals surface area contributed by atoms with Crippen molar-refractivity contribution in [2.75, 3.05) is 5.32 Å². The number of benzene rings is 1. The molecule has 1 amide bonds. The van der Waals surface area contributed by atoms with E-state index in [0.29, 0.717) is 6.42 Å². The van der Waals surface area contributed by atoms with Gasteiger partial charge < -0.3 is 9.84 Å². The number of pyridine rings is 1. The van der Waals surface area contributed by atoms with Gasteiger partial charge in [-0.25, -0.2) is 0 Å². The lowest BCUT2D eigenvalue weighted by Gasteiger charge is -2.35. The van der Waals surface area contributed by atoms with E-state index >= 15 is 0 Å². The van der Waals surface area contributed by atoms with E-state index in [4.69, 9.17) is 4.52 Å². The number of nitrogens with zero attached hydrogens (tertiary/aromatic N) is 2. The van der Waals surface area contributed by atoms with Gasteiger partial charge in [0.05, 0.1) is 28.5 Å². The number of para-hydroxylation sites is 1. The minimum absolute atomic E-state index is 0.0586. The second kappa shape index (κ2) is 6.90. The van der Waals surface area contributed by atoms with Crippen molar-refractivity contribution in [2.45, 2.75) is 45.4 Å². The van der Waals surface area contributed by atoms with E-state index in [9.17, 15) is 4.79 Å². The average molecular weight is 349 g/mol. The molecule has 1 aliphatic carbocycles. The highest BCUT2D eigenvalue weighted by atomic mass is 16.5. The lowest BCUT2D eigenvalue weighted by Crippen LogP contribution is -2.39. The van der Waals surface area contributed by atoms with Gasteiger partial charge in [-0.2, -0.15) is 0 Å². The van der Waals surface area contributed by atoms with Gasteiger partial charge >= 0.3 is 0 Å². The lowest BCUT2D eigenvalue weighted by atomic mass is 9.70. The number of hydrogen-bond acceptors (Lipinski definition) is 4. The van der Waals surface area contributed by atoms with Crippen LogP contribution in [0.2, 0.25) is 0 Å². The van der Waals surface area contributed by atoms with Gasteiger partial charge in [0, 0.05) is 17.9 Å². The maximum absolute atomic E-state index is 13.2. The van der Waals surface area contributed by atoms with Crippen LogP contribution in [0.3, 0.4) is 0 Å². The monoisotopic (exact) mass is 349 g/mol. The van der Waals surface area contributed by atoms with E-state index in [2.05, 4.69) is 15.5 Å². The fourth-order valence-corrected chi connectivity index (χ4v) is 3.95. The molecule has 0 bridgehead atoms. The largest absolute Gasteiger partial charge is 0.361 e. The summed E-state index contributed by atoms with van der Waals surface area (Å²) in [5.74, 6) is 0.847. The number of hydrogen-bond donors (Lipinski definition) is 1. The SMILES string of the molecule is Cc1cc(CC2(C(=O)Nc3cnc4ccccc4c3)CCCCC2)on1. The number of anilines is 1. The summed E-state index contributed by atoms with van der Waals surface area (Å²) in [5, 5.41) is 8.10. The number of fused-ring (bicyclic) bond motifs is 1. The predicted octanol–water partition coefficient (Wildman–Crippen LogP) is 4.66. The third-order valence-electron chi connectivity index (χ3n) is 5.33. The normalized spacial score (nSPS) is 16.5. The van der Waals surface area contributed by atoms with E-state index in [1.807, 2.05) is 43.3 Å². The molecular weight excluding hydrogens is 326 g/mol. The van der Waals surface area contributed by atoms with Crippen molar-refractivity contribution in [1.29, 1.82) is 0 Å². The van der Waals surface area contributed by atoms with Gasteiger partial charge in [-0.15, -0.1) is 0 Å². The molecule has 0 saturated heterocycles. The number of carbonyl (C=O) groups is 1. The van der Waals surface area contributed by atoms with E-state index in [1.165, 1.54) is 6.42 Å². The van der Waals surface area contributed by atoms with Gasteiger partial charge in [0.2, 0.25) is 5.91 Å². The third kappa shape index (κ3) is 3.34. The van der Waals surface area contributed by atoms with Crippen LogP contribution in [-0.4, -0.2) is 16.0 Å². The molecule has 26 heavy (non-hydrogen) atoms. The highest BCUT2D eigenvalue weighted by molar-refractivity contribution is 5.97.